The Morgan fingerprint density at radius 3 is 1.17 bits per heavy atom. The molecule has 0 amide bonds. The maximum absolute atomic E-state index is 9.91. The molecule has 0 aliphatic heterocycles. The number of nitrogens with zero attached hydrogens (tertiary/aromatic N) is 1. The summed E-state index contributed by atoms with van der Waals surface area (Å²) in [6.07, 6.45) is 0. The molecule has 0 spiro atoms. The van der Waals surface area contributed by atoms with E-state index in [-0.39, 0.29) is 0 Å². The lowest BCUT2D eigenvalue weighted by molar-refractivity contribution is -0.849. The van der Waals surface area contributed by atoms with Crippen LogP contribution < -0.4 is 5.11 Å². The van der Waals surface area contributed by atoms with Gasteiger partial charge >= 0.3 is 0 Å². The van der Waals surface area contributed by atoms with Gasteiger partial charge in [0.15, 0.2) is 0 Å². The molecule has 0 unspecified atom stereocenters. The third-order valence-corrected chi connectivity index (χ3v) is 0.612. The predicted octanol–water partition coefficient (Wildman–Crippen LogP) is 0.105. The molecule has 0 fully saturated rings. The number of hydrogen-bond acceptors (Lipinski definition) is 2. The van der Waals surface area contributed by atoms with Crippen LogP contribution in [0.2, 0.25) is 0 Å². The van der Waals surface area contributed by atoms with Gasteiger partial charge in [-0.3, -0.25) is 0 Å². The van der Waals surface area contributed by atoms with Crippen LogP contribution in [0.4, 0.5) is 0 Å². The van der Waals surface area contributed by atoms with Gasteiger partial charge in [0.2, 0.25) is 0 Å². The average Bonchev–Trinajstić information content (AvgIpc) is 1.55. The Morgan fingerprint density at radius 2 is 1.17 bits per heavy atom. The van der Waals surface area contributed by atoms with Crippen LogP contribution in [-0.4, -0.2) is 38.6 Å². The highest BCUT2D eigenvalue weighted by molar-refractivity contribution is 5.70. The quantitative estimate of drug-likeness (QED) is 0.490. The Balaban J connectivity index is 0. The SMILES string of the molecule is CC(C)(C)C(=O)[O-].C[N+](C)(C)C. The van der Waals surface area contributed by atoms with Gasteiger partial charge in [-0.2, -0.15) is 0 Å². The molecule has 0 radical (unpaired) electrons. The standard InChI is InChI=1S/C5H10O2.C4H12N/c1-5(2,3)4(6)7;1-5(2,3)4/h1-3H3,(H,6,7);1-4H3/q;+1/p-1. The van der Waals surface area contributed by atoms with Gasteiger partial charge in [0, 0.05) is 11.4 Å². The van der Waals surface area contributed by atoms with E-state index in [1.807, 2.05) is 0 Å². The maximum atomic E-state index is 9.91. The van der Waals surface area contributed by atoms with Crippen LogP contribution in [0.3, 0.4) is 0 Å². The van der Waals surface area contributed by atoms with Gasteiger partial charge < -0.3 is 14.4 Å². The van der Waals surface area contributed by atoms with E-state index in [2.05, 4.69) is 28.2 Å². The van der Waals surface area contributed by atoms with Crippen molar-refractivity contribution < 1.29 is 14.4 Å². The molecule has 3 nitrogen and oxygen atoms in total. The van der Waals surface area contributed by atoms with Gasteiger partial charge in [0.1, 0.15) is 0 Å². The lowest BCUT2D eigenvalue weighted by Gasteiger charge is -2.18. The summed E-state index contributed by atoms with van der Waals surface area (Å²) in [6.45, 7) is 4.80. The summed E-state index contributed by atoms with van der Waals surface area (Å²) in [7, 11) is 8.50. The van der Waals surface area contributed by atoms with Crippen molar-refractivity contribution >= 4 is 5.97 Å². The van der Waals surface area contributed by atoms with E-state index in [9.17, 15) is 9.90 Å². The highest BCUT2D eigenvalue weighted by Crippen LogP contribution is 2.09. The number of quaternary nitrogens is 1. The van der Waals surface area contributed by atoms with Gasteiger partial charge in [0.05, 0.1) is 28.2 Å². The van der Waals surface area contributed by atoms with Crippen LogP contribution in [0, 0.1) is 5.41 Å². The van der Waals surface area contributed by atoms with Crippen LogP contribution in [-0.2, 0) is 4.79 Å². The number of carbonyl (C=O) groups excluding carboxylic acids is 1. The second kappa shape index (κ2) is 4.45. The van der Waals surface area contributed by atoms with Gasteiger partial charge in [0.25, 0.3) is 0 Å². The molecule has 0 rings (SSSR count). The van der Waals surface area contributed by atoms with Gasteiger partial charge in [-0.1, -0.05) is 20.8 Å². The molecule has 12 heavy (non-hydrogen) atoms. The molecule has 0 heterocycles. The van der Waals surface area contributed by atoms with E-state index in [1.165, 1.54) is 0 Å². The zero-order valence-corrected chi connectivity index (χ0v) is 9.26. The summed E-state index contributed by atoms with van der Waals surface area (Å²) in [5.74, 6) is -1.01. The predicted molar refractivity (Wildman–Crippen MR) is 48.4 cm³/mol. The second-order valence-electron chi connectivity index (χ2n) is 5.22. The summed E-state index contributed by atoms with van der Waals surface area (Å²) in [5, 5.41) is 9.91. The highest BCUT2D eigenvalue weighted by Gasteiger charge is 2.09. The summed E-state index contributed by atoms with van der Waals surface area (Å²) >= 11 is 0. The normalized spacial score (nSPS) is 11.6. The van der Waals surface area contributed by atoms with Crippen molar-refractivity contribution in [1.29, 1.82) is 0 Å². The van der Waals surface area contributed by atoms with E-state index in [4.69, 9.17) is 0 Å². The molecule has 0 aliphatic rings. The van der Waals surface area contributed by atoms with Gasteiger partial charge in [-0.25, -0.2) is 0 Å². The van der Waals surface area contributed by atoms with Crippen molar-refractivity contribution in [3.8, 4) is 0 Å². The number of rotatable bonds is 0. The molecule has 3 heteroatoms. The van der Waals surface area contributed by atoms with Crippen molar-refractivity contribution in [3.05, 3.63) is 0 Å². The maximum Gasteiger partial charge on any atom is 0.0675 e. The Kier molecular flexibility index (Phi) is 5.19. The van der Waals surface area contributed by atoms with Crippen molar-refractivity contribution in [2.24, 2.45) is 5.41 Å². The van der Waals surface area contributed by atoms with Gasteiger partial charge in [-0.15, -0.1) is 0 Å². The first kappa shape index (κ1) is 14.0. The monoisotopic (exact) mass is 175 g/mol. The first-order valence-corrected chi connectivity index (χ1v) is 3.95. The summed E-state index contributed by atoms with van der Waals surface area (Å²) in [6, 6.07) is 0. The molecule has 0 aliphatic carbocycles. The molecular weight excluding hydrogens is 154 g/mol. The lowest BCUT2D eigenvalue weighted by atomic mass is 9.98. The average molecular weight is 175 g/mol. The highest BCUT2D eigenvalue weighted by atomic mass is 16.4. The minimum atomic E-state index is -1.01. The van der Waals surface area contributed by atoms with E-state index < -0.39 is 11.4 Å². The fraction of sp³-hybridized carbons (Fsp3) is 0.889. The molecule has 0 aromatic heterocycles. The van der Waals surface area contributed by atoms with Crippen LogP contribution in [0.15, 0.2) is 0 Å². The smallest absolute Gasteiger partial charge is 0.0675 e. The summed E-state index contributed by atoms with van der Waals surface area (Å²) < 4.78 is 1.00. The zero-order chi connectivity index (χ0) is 10.6. The summed E-state index contributed by atoms with van der Waals surface area (Å²) in [5.41, 5.74) is -0.694. The third-order valence-electron chi connectivity index (χ3n) is 0.612. The van der Waals surface area contributed by atoms with Crippen LogP contribution in [0.1, 0.15) is 20.8 Å². The molecule has 0 bridgehead atoms. The lowest BCUT2D eigenvalue weighted by Crippen LogP contribution is -2.35. The number of aliphatic carboxylic acids is 1. The minimum Gasteiger partial charge on any atom is -0.550 e. The first-order chi connectivity index (χ1) is 4.94. The molecule has 0 N–H and O–H groups in total. The first-order valence-electron chi connectivity index (χ1n) is 3.95. The Morgan fingerprint density at radius 1 is 1.08 bits per heavy atom. The second-order valence-corrected chi connectivity index (χ2v) is 5.22. The van der Waals surface area contributed by atoms with Crippen LogP contribution in [0.5, 0.6) is 0 Å². The molecule has 0 atom stereocenters. The zero-order valence-electron chi connectivity index (χ0n) is 9.26. The molecular formula is C9H21NO2. The third kappa shape index (κ3) is 22.7. The minimum absolute atomic E-state index is 0.694. The molecule has 0 aromatic carbocycles. The van der Waals surface area contributed by atoms with Crippen LogP contribution in [0.25, 0.3) is 0 Å². The van der Waals surface area contributed by atoms with E-state index in [1.54, 1.807) is 20.8 Å². The number of carbonyl (C=O) groups is 1. The Bertz CT molecular complexity index is 134. The number of carboxylic acid groups (broad SMARTS) is 1. The fourth-order valence-corrected chi connectivity index (χ4v) is 0. The van der Waals surface area contributed by atoms with Crippen molar-refractivity contribution in [2.45, 2.75) is 20.8 Å². The number of carboxylic acids is 1. The topological polar surface area (TPSA) is 40.1 Å². The van der Waals surface area contributed by atoms with E-state index in [0.717, 1.165) is 4.48 Å². The van der Waals surface area contributed by atoms with Crippen molar-refractivity contribution in [3.63, 3.8) is 0 Å². The molecule has 0 saturated carbocycles. The molecule has 74 valence electrons. The number of hydrogen-bond donors (Lipinski definition) is 0. The van der Waals surface area contributed by atoms with Crippen molar-refractivity contribution in [1.82, 2.24) is 0 Å². The Labute approximate surface area is 75.6 Å². The molecule has 0 saturated heterocycles. The molecule has 0 aromatic rings. The van der Waals surface area contributed by atoms with Gasteiger partial charge in [-0.05, 0) is 0 Å². The fourth-order valence-electron chi connectivity index (χ4n) is 0. The van der Waals surface area contributed by atoms with Crippen LogP contribution >= 0.6 is 0 Å². The summed E-state index contributed by atoms with van der Waals surface area (Å²) in [4.78, 5) is 9.91. The van der Waals surface area contributed by atoms with E-state index >= 15 is 0 Å². The Hall–Kier alpha value is -0.570. The van der Waals surface area contributed by atoms with Crippen molar-refractivity contribution in [2.75, 3.05) is 28.2 Å². The van der Waals surface area contributed by atoms with E-state index in [0.29, 0.717) is 0 Å². The largest absolute Gasteiger partial charge is 0.550 e.